The minimum atomic E-state index is -4.67. The lowest BCUT2D eigenvalue weighted by molar-refractivity contribution is 0.00154. The lowest BCUT2D eigenvalue weighted by atomic mass is 9.99. The normalized spacial score (nSPS) is 16.9. The summed E-state index contributed by atoms with van der Waals surface area (Å²) in [4.78, 5) is 12.5. The highest BCUT2D eigenvalue weighted by atomic mass is 79.9. The zero-order valence-electron chi connectivity index (χ0n) is 70.7. The highest BCUT2D eigenvalue weighted by molar-refractivity contribution is 9.09. The first kappa shape index (κ1) is 97.6. The molecule has 4 unspecified atom stereocenters. The Morgan fingerprint density at radius 2 is 0.762 bits per heavy atom. The molecular weight excluding hydrogens is 1840 g/mol. The highest BCUT2D eigenvalue weighted by Gasteiger charge is 2.39. The summed E-state index contributed by atoms with van der Waals surface area (Å²) in [6.07, 6.45) is 37.1. The minimum Gasteiger partial charge on any atom is -0.474 e. The predicted octanol–water partition coefficient (Wildman–Crippen LogP) is 8.04. The fourth-order valence-electron chi connectivity index (χ4n) is 15.8. The molecule has 0 saturated heterocycles. The minimum absolute atomic E-state index is 0.0197. The average Bonchev–Trinajstić information content (AvgIpc) is 1.62. The van der Waals surface area contributed by atoms with E-state index in [4.69, 9.17) is 87.2 Å². The van der Waals surface area contributed by atoms with E-state index in [2.05, 4.69) is 82.2 Å². The van der Waals surface area contributed by atoms with Gasteiger partial charge in [-0.05, 0) is 144 Å². The van der Waals surface area contributed by atoms with Crippen molar-refractivity contribution < 1.29 is 94.3 Å². The number of hydrogen-bond donors (Lipinski definition) is 7. The summed E-state index contributed by atoms with van der Waals surface area (Å²) in [6, 6.07) is 41.8. The maximum Gasteiger partial charge on any atom is 0.394 e. The number of sulfonamides is 4. The molecule has 4 aromatic heterocycles. The Balaban J connectivity index is 0.000000147. The number of rotatable bonds is 22. The third kappa shape index (κ3) is 25.6. The summed E-state index contributed by atoms with van der Waals surface area (Å²) in [5.41, 5.74) is 22.5. The number of nitrogens with zero attached hydrogens (tertiary/aromatic N) is 10. The van der Waals surface area contributed by atoms with Crippen molar-refractivity contribution in [3.63, 3.8) is 0 Å². The molecule has 18 rings (SSSR count). The van der Waals surface area contributed by atoms with Crippen molar-refractivity contribution in [2.45, 2.75) is 173 Å². The number of nitrogen functional groups attached to an aromatic ring is 1. The maximum atomic E-state index is 13.7. The van der Waals surface area contributed by atoms with Gasteiger partial charge in [-0.3, -0.25) is 9.11 Å². The molecule has 10 aromatic rings. The number of aliphatic hydroxyl groups excluding tert-OH is 1. The maximum absolute atomic E-state index is 13.7. The third-order valence-electron chi connectivity index (χ3n) is 21.6. The van der Waals surface area contributed by atoms with E-state index < -0.39 is 62.6 Å². The van der Waals surface area contributed by atoms with Crippen molar-refractivity contribution >= 4 is 83.8 Å². The van der Waals surface area contributed by atoms with Gasteiger partial charge >= 0.3 is 16.4 Å². The number of amides is 2. The fraction of sp³-hybridized carbons (Fsp3) is 0.360. The van der Waals surface area contributed by atoms with Gasteiger partial charge in [-0.25, -0.2) is 67.1 Å². The number of aryl methyl sites for hydroxylation is 4. The number of anilines is 2. The number of carbonyl (C=O) groups is 1. The molecule has 0 saturated carbocycles. The van der Waals surface area contributed by atoms with E-state index in [0.29, 0.717) is 25.0 Å². The van der Waals surface area contributed by atoms with Gasteiger partial charge in [-0.15, -0.1) is 25.7 Å². The molecule has 6 aromatic carbocycles. The number of aliphatic hydroxyl groups is 1. The van der Waals surface area contributed by atoms with E-state index >= 15 is 0 Å². The third-order valence-corrected chi connectivity index (χ3v) is 27.6. The van der Waals surface area contributed by atoms with E-state index in [0.717, 1.165) is 89.5 Å². The molecule has 4 aliphatic heterocycles. The molecule has 4 atom stereocenters. The topological polar surface area (TPSA) is 467 Å². The lowest BCUT2D eigenvalue weighted by Gasteiger charge is -2.26. The Bertz CT molecular complexity index is 6240. The molecule has 0 bridgehead atoms. The molecule has 9 N–H and O–H groups in total. The number of primary sulfonamides is 1. The first-order valence-corrected chi connectivity index (χ1v) is 49.7. The first-order chi connectivity index (χ1) is 62.4. The van der Waals surface area contributed by atoms with E-state index in [1.807, 2.05) is 121 Å². The van der Waals surface area contributed by atoms with Crippen LogP contribution in [-0.4, -0.2) is 186 Å². The van der Waals surface area contributed by atoms with Gasteiger partial charge in [0.15, 0.2) is 19.6 Å². The standard InChI is InChI=1S/C23H23N3O4S.C22H24N4O5S.C20H21N3O4S.C12H15N.C9H11N3O4S.C3H3Br.H2O4S/c1-2-13-29-21-17-26-23(30-18-21)22(14-24-26)31(27,28)25(15-19-9-5-3-6-10-19)16-20-11-7-4-8-12-20;1-2-9-30-16-12-26-21(31-13-16)19(11-23-26)32(28,29)25-22(27)24-20-17-7-3-5-14(17)10-15-6-4-8-18(15)20;24-18-14-23-20(27-15-18)19(11-21-23)28(25,26)22(12-16-7-3-1-4-8-16)13-17-9-5-2-6-10-17;13-12-10-5-1-3-8(10)7-9-4-2-6-11(9)12;1-2-3-15-7-5-12-9(16-6-7)8(4-11-12)17(10,13)14;1-2-3-4;1-5(2,3)4/h1,3-12,14,21H,13,15-18H2;1,10-11,16H,3-9,12-13H2,(H2,24,25,27);1-11,18,24H,12-15H2;7H,1-6,13H2;1,4,7H,3,5-6H2,(H2,10,13,14);1H,3H2;(H2,1,2,3,4). The molecule has 688 valence electrons. The van der Waals surface area contributed by atoms with Crippen molar-refractivity contribution in [2.75, 3.05) is 62.6 Å². The van der Waals surface area contributed by atoms with Crippen molar-refractivity contribution in [1.82, 2.24) is 52.5 Å². The van der Waals surface area contributed by atoms with Crippen LogP contribution >= 0.6 is 15.9 Å². The number of carbonyl (C=O) groups excluding carboxylic acids is 1. The van der Waals surface area contributed by atoms with Gasteiger partial charge < -0.3 is 49.3 Å². The van der Waals surface area contributed by atoms with Gasteiger partial charge in [-0.1, -0.05) is 173 Å². The SMILES string of the molecule is C#CCBr.C#CCOC1COc2c(S(=O)(=O)N(Cc3ccccc3)Cc3ccccc3)cnn2C1.C#CCOC1COc2c(S(=O)(=O)NC(=O)Nc3c4c(cc5c3CCC5)CCC4)cnn2C1.C#CCOC1COc2c(S(N)(=O)=O)cnn2C1.Nc1c2c(cc3c1CCC3)CCC2.O=S(=O)(O)O.O=S(=O)(c1cnn2c1OCC(O)C2)N(Cc1ccccc1)Cc1ccccc1. The number of terminal acetylenes is 4. The van der Waals surface area contributed by atoms with Crippen molar-refractivity contribution in [2.24, 2.45) is 5.14 Å². The van der Waals surface area contributed by atoms with Gasteiger partial charge in [0.05, 0.1) is 56.3 Å². The summed E-state index contributed by atoms with van der Waals surface area (Å²) >= 11 is 3.01. The predicted molar refractivity (Wildman–Crippen MR) is 484 cm³/mol. The zero-order valence-corrected chi connectivity index (χ0v) is 76.3. The summed E-state index contributed by atoms with van der Waals surface area (Å²) in [7, 11) is -20.4. The van der Waals surface area contributed by atoms with Crippen LogP contribution < -0.4 is 39.9 Å². The fourth-order valence-corrected chi connectivity index (χ4v) is 20.3. The van der Waals surface area contributed by atoms with Crippen molar-refractivity contribution in [3.05, 3.63) is 225 Å². The van der Waals surface area contributed by atoms with E-state index in [-0.39, 0.29) is 140 Å². The molecule has 0 spiro atoms. The Labute approximate surface area is 764 Å². The largest absolute Gasteiger partial charge is 0.474 e. The molecule has 8 heterocycles. The number of alkyl halides is 1. The smallest absolute Gasteiger partial charge is 0.394 e. The summed E-state index contributed by atoms with van der Waals surface area (Å²) in [5.74, 6) is 10.1. The first-order valence-electron chi connectivity index (χ1n) is 41.3. The number of nitrogens with one attached hydrogen (secondary N) is 2. The Morgan fingerprint density at radius 1 is 0.462 bits per heavy atom. The number of nitrogens with two attached hydrogens (primary N) is 2. The number of halogens is 1. The van der Waals surface area contributed by atoms with Gasteiger partial charge in [0.2, 0.25) is 33.5 Å². The second-order valence-electron chi connectivity index (χ2n) is 30.7. The number of fused-ring (bicyclic) bond motifs is 8. The number of hydrogen-bond acceptors (Lipinski definition) is 24. The number of benzene rings is 6. The summed E-state index contributed by atoms with van der Waals surface area (Å²) in [6.45, 7) is 3.29. The summed E-state index contributed by atoms with van der Waals surface area (Å²) in [5, 5.41) is 34.5. The zero-order chi connectivity index (χ0) is 92.8. The van der Waals surface area contributed by atoms with Crippen LogP contribution in [0.15, 0.2) is 178 Å². The van der Waals surface area contributed by atoms with Crippen LogP contribution in [0.2, 0.25) is 0 Å². The second-order valence-corrected chi connectivity index (χ2v) is 39.1. The van der Waals surface area contributed by atoms with Crippen LogP contribution in [0.3, 0.4) is 0 Å². The van der Waals surface area contributed by atoms with Crippen LogP contribution in [0.25, 0.3) is 0 Å². The average molecular weight is 1940 g/mol. The summed E-state index contributed by atoms with van der Waals surface area (Å²) < 4.78 is 183. The van der Waals surface area contributed by atoms with Crippen LogP contribution in [0.5, 0.6) is 23.5 Å². The lowest BCUT2D eigenvalue weighted by Crippen LogP contribution is -2.36. The van der Waals surface area contributed by atoms with Crippen molar-refractivity contribution in [3.8, 4) is 72.9 Å². The number of urea groups is 1. The number of aromatic nitrogens is 8. The van der Waals surface area contributed by atoms with Crippen LogP contribution in [-0.2, 0) is 168 Å². The molecule has 4 aliphatic carbocycles. The molecule has 8 aliphatic rings. The molecule has 35 nitrogen and oxygen atoms in total. The monoisotopic (exact) mass is 1940 g/mol. The quantitative estimate of drug-likeness (QED) is 0.0146. The molecule has 2 amide bonds. The van der Waals surface area contributed by atoms with Gasteiger partial charge in [0, 0.05) is 37.6 Å². The van der Waals surface area contributed by atoms with E-state index in [1.165, 1.54) is 118 Å². The van der Waals surface area contributed by atoms with Crippen LogP contribution in [0.4, 0.5) is 16.2 Å². The van der Waals surface area contributed by atoms with Crippen LogP contribution in [0, 0.1) is 49.4 Å². The number of ether oxygens (including phenoxy) is 7. The molecule has 0 radical (unpaired) electrons. The Kier molecular flexibility index (Phi) is 33.7. The highest BCUT2D eigenvalue weighted by Crippen LogP contribution is 2.41. The van der Waals surface area contributed by atoms with E-state index in [9.17, 15) is 43.6 Å². The molecular formula is C89H99BrN14O21S5. The Hall–Kier alpha value is -11.5. The van der Waals surface area contributed by atoms with E-state index in [1.54, 1.807) is 0 Å². The second kappa shape index (κ2) is 44.9. The van der Waals surface area contributed by atoms with Gasteiger partial charge in [0.25, 0.3) is 30.1 Å². The molecule has 130 heavy (non-hydrogen) atoms. The molecule has 41 heteroatoms. The van der Waals surface area contributed by atoms with Gasteiger partial charge in [0.1, 0.15) is 70.7 Å². The van der Waals surface area contributed by atoms with Crippen molar-refractivity contribution in [1.29, 1.82) is 0 Å². The van der Waals surface area contributed by atoms with Crippen LogP contribution in [0.1, 0.15) is 92.4 Å². The Morgan fingerprint density at radius 3 is 1.10 bits per heavy atom. The molecule has 0 fully saturated rings. The van der Waals surface area contributed by atoms with Gasteiger partial charge in [-0.2, -0.15) is 37.4 Å².